The second-order valence-corrected chi connectivity index (χ2v) is 6.72. The lowest BCUT2D eigenvalue weighted by atomic mass is 10.2. The summed E-state index contributed by atoms with van der Waals surface area (Å²) in [5, 5.41) is 6.52. The first-order valence-electron chi connectivity index (χ1n) is 8.61. The first-order valence-corrected chi connectivity index (χ1v) is 9.40. The third kappa shape index (κ3) is 6.00. The molecule has 2 aromatic carbocycles. The van der Waals surface area contributed by atoms with Gasteiger partial charge in [0.2, 0.25) is 0 Å². The highest BCUT2D eigenvalue weighted by molar-refractivity contribution is 7.80. The normalized spacial score (nSPS) is 10.3. The number of carbonyl (C=O) groups is 1. The average molecular weight is 391 g/mol. The molecule has 26 heavy (non-hydrogen) atoms. The first kappa shape index (κ1) is 20.2. The number of hydrogen-bond acceptors (Lipinski definition) is 3. The number of nitrogens with one attached hydrogen (secondary N) is 2. The fourth-order valence-electron chi connectivity index (χ4n) is 2.32. The molecular weight excluding hydrogens is 368 g/mol. The molecule has 0 saturated heterocycles. The summed E-state index contributed by atoms with van der Waals surface area (Å²) in [5.41, 5.74) is 2.15. The number of rotatable bonds is 7. The van der Waals surface area contributed by atoms with Crippen molar-refractivity contribution < 1.29 is 9.53 Å². The molecule has 0 aliphatic heterocycles. The van der Waals surface area contributed by atoms with Crippen molar-refractivity contribution in [1.82, 2.24) is 5.32 Å². The number of ether oxygens (including phenoxy) is 1. The quantitative estimate of drug-likeness (QED) is 0.494. The molecular formula is C20H23ClN2O2S. The number of carbonyl (C=O) groups excluding carboxylic acids is 1. The first-order chi connectivity index (χ1) is 12.5. The predicted molar refractivity (Wildman–Crippen MR) is 111 cm³/mol. The zero-order valence-corrected chi connectivity index (χ0v) is 16.5. The van der Waals surface area contributed by atoms with E-state index in [1.54, 1.807) is 30.3 Å². The van der Waals surface area contributed by atoms with Crippen LogP contribution >= 0.6 is 23.8 Å². The van der Waals surface area contributed by atoms with Crippen LogP contribution in [0.1, 0.15) is 42.1 Å². The fourth-order valence-corrected chi connectivity index (χ4v) is 2.69. The topological polar surface area (TPSA) is 50.4 Å². The van der Waals surface area contributed by atoms with Crippen molar-refractivity contribution >= 4 is 40.5 Å². The zero-order valence-electron chi connectivity index (χ0n) is 15.0. The monoisotopic (exact) mass is 390 g/mol. The minimum atomic E-state index is -0.278. The number of benzene rings is 2. The van der Waals surface area contributed by atoms with E-state index in [-0.39, 0.29) is 11.0 Å². The Morgan fingerprint density at radius 2 is 1.88 bits per heavy atom. The minimum Gasteiger partial charge on any atom is -0.494 e. The van der Waals surface area contributed by atoms with Gasteiger partial charge < -0.3 is 10.1 Å². The van der Waals surface area contributed by atoms with Crippen LogP contribution in [0.4, 0.5) is 5.69 Å². The van der Waals surface area contributed by atoms with Crippen molar-refractivity contribution in [2.45, 2.75) is 33.1 Å². The third-order valence-corrected chi connectivity index (χ3v) is 4.49. The summed E-state index contributed by atoms with van der Waals surface area (Å²) in [5.74, 6) is 0.479. The largest absolute Gasteiger partial charge is 0.494 e. The van der Waals surface area contributed by atoms with E-state index in [4.69, 9.17) is 28.6 Å². The van der Waals surface area contributed by atoms with Gasteiger partial charge in [-0.05, 0) is 67.5 Å². The van der Waals surface area contributed by atoms with Crippen molar-refractivity contribution in [3.05, 3.63) is 58.6 Å². The van der Waals surface area contributed by atoms with Gasteiger partial charge in [0.1, 0.15) is 5.75 Å². The highest BCUT2D eigenvalue weighted by Crippen LogP contribution is 2.22. The molecule has 6 heteroatoms. The van der Waals surface area contributed by atoms with Gasteiger partial charge in [0, 0.05) is 16.3 Å². The molecule has 2 aromatic rings. The molecule has 2 rings (SSSR count). The fraction of sp³-hybridized carbons (Fsp3) is 0.300. The Morgan fingerprint density at radius 3 is 2.58 bits per heavy atom. The van der Waals surface area contributed by atoms with Crippen molar-refractivity contribution in [3.63, 3.8) is 0 Å². The second kappa shape index (κ2) is 10.1. The molecule has 0 aliphatic rings. The van der Waals surface area contributed by atoms with Crippen LogP contribution in [0.25, 0.3) is 0 Å². The lowest BCUT2D eigenvalue weighted by Crippen LogP contribution is -2.34. The Bertz CT molecular complexity index is 763. The molecule has 0 aromatic heterocycles. The van der Waals surface area contributed by atoms with Crippen molar-refractivity contribution in [3.8, 4) is 5.75 Å². The van der Waals surface area contributed by atoms with Gasteiger partial charge in [0.15, 0.2) is 5.11 Å². The number of amides is 1. The molecule has 0 fully saturated rings. The number of anilines is 1. The van der Waals surface area contributed by atoms with Gasteiger partial charge in [0.05, 0.1) is 6.61 Å². The highest BCUT2D eigenvalue weighted by atomic mass is 35.5. The van der Waals surface area contributed by atoms with Crippen LogP contribution in [-0.2, 0) is 0 Å². The molecule has 0 bridgehead atoms. The molecule has 4 nitrogen and oxygen atoms in total. The lowest BCUT2D eigenvalue weighted by Gasteiger charge is -2.12. The van der Waals surface area contributed by atoms with Gasteiger partial charge >= 0.3 is 0 Å². The van der Waals surface area contributed by atoms with E-state index in [9.17, 15) is 4.79 Å². The summed E-state index contributed by atoms with van der Waals surface area (Å²) in [6, 6.07) is 12.5. The van der Waals surface area contributed by atoms with E-state index in [2.05, 4.69) is 17.6 Å². The molecule has 2 N–H and O–H groups in total. The summed E-state index contributed by atoms with van der Waals surface area (Å²) in [7, 11) is 0. The number of thiocarbonyl (C=S) groups is 1. The van der Waals surface area contributed by atoms with Crippen LogP contribution < -0.4 is 15.4 Å². The predicted octanol–water partition coefficient (Wildman–Crippen LogP) is 5.34. The average Bonchev–Trinajstić information content (AvgIpc) is 2.63. The maximum absolute atomic E-state index is 12.3. The second-order valence-electron chi connectivity index (χ2n) is 5.90. The van der Waals surface area contributed by atoms with Crippen LogP contribution in [0.15, 0.2) is 42.5 Å². The lowest BCUT2D eigenvalue weighted by molar-refractivity contribution is 0.0977. The maximum atomic E-state index is 12.3. The van der Waals surface area contributed by atoms with Crippen LogP contribution in [-0.4, -0.2) is 17.6 Å². The van der Waals surface area contributed by atoms with Gasteiger partial charge in [-0.15, -0.1) is 0 Å². The number of halogens is 1. The molecule has 0 saturated carbocycles. The smallest absolute Gasteiger partial charge is 0.257 e. The molecule has 0 aliphatic carbocycles. The Kier molecular flexibility index (Phi) is 7.88. The van der Waals surface area contributed by atoms with Crippen molar-refractivity contribution in [2.75, 3.05) is 11.9 Å². The summed E-state index contributed by atoms with van der Waals surface area (Å²) in [4.78, 5) is 12.3. The van der Waals surface area contributed by atoms with E-state index in [1.165, 1.54) is 0 Å². The van der Waals surface area contributed by atoms with Crippen LogP contribution in [0.5, 0.6) is 5.75 Å². The molecule has 0 heterocycles. The Morgan fingerprint density at radius 1 is 1.15 bits per heavy atom. The standard InChI is InChI=1S/C20H23ClN2O2S/c1-3-4-5-13-25-16-11-9-15(10-12-16)19(24)23-20(26)22-18-8-6-7-17(21)14(18)2/h6-12H,3-5,13H2,1-2H3,(H2,22,23,24,26). The number of unbranched alkanes of at least 4 members (excludes halogenated alkanes) is 2. The van der Waals surface area contributed by atoms with Crippen LogP contribution in [0.2, 0.25) is 5.02 Å². The summed E-state index contributed by atoms with van der Waals surface area (Å²) in [6.45, 7) is 4.72. The van der Waals surface area contributed by atoms with E-state index >= 15 is 0 Å². The molecule has 0 unspecified atom stereocenters. The van der Waals surface area contributed by atoms with E-state index < -0.39 is 0 Å². The van der Waals surface area contributed by atoms with Crippen molar-refractivity contribution in [1.29, 1.82) is 0 Å². The third-order valence-electron chi connectivity index (χ3n) is 3.88. The molecule has 138 valence electrons. The molecule has 0 radical (unpaired) electrons. The van der Waals surface area contributed by atoms with Crippen molar-refractivity contribution in [2.24, 2.45) is 0 Å². The van der Waals surface area contributed by atoms with Crippen LogP contribution in [0, 0.1) is 6.92 Å². The molecule has 0 spiro atoms. The summed E-state index contributed by atoms with van der Waals surface area (Å²) < 4.78 is 5.64. The minimum absolute atomic E-state index is 0.222. The Balaban J connectivity index is 1.88. The van der Waals surface area contributed by atoms with E-state index in [0.717, 1.165) is 36.3 Å². The van der Waals surface area contributed by atoms with Gasteiger partial charge in [-0.1, -0.05) is 37.4 Å². The SMILES string of the molecule is CCCCCOc1ccc(C(=O)NC(=S)Nc2cccc(Cl)c2C)cc1. The Hall–Kier alpha value is -2.11. The molecule has 1 amide bonds. The zero-order chi connectivity index (χ0) is 18.9. The van der Waals surface area contributed by atoms with Crippen LogP contribution in [0.3, 0.4) is 0 Å². The summed E-state index contributed by atoms with van der Waals surface area (Å²) >= 11 is 11.3. The van der Waals surface area contributed by atoms with Gasteiger partial charge in [-0.3, -0.25) is 10.1 Å². The molecule has 0 atom stereocenters. The van der Waals surface area contributed by atoms with Gasteiger partial charge in [0.25, 0.3) is 5.91 Å². The maximum Gasteiger partial charge on any atom is 0.257 e. The Labute approximate surface area is 164 Å². The highest BCUT2D eigenvalue weighted by Gasteiger charge is 2.10. The summed E-state index contributed by atoms with van der Waals surface area (Å²) in [6.07, 6.45) is 3.34. The van der Waals surface area contributed by atoms with Gasteiger partial charge in [-0.25, -0.2) is 0 Å². The number of hydrogen-bond donors (Lipinski definition) is 2. The van der Waals surface area contributed by atoms with Gasteiger partial charge in [-0.2, -0.15) is 0 Å². The van der Waals surface area contributed by atoms with E-state index in [1.807, 2.05) is 19.1 Å². The van der Waals surface area contributed by atoms with E-state index in [0.29, 0.717) is 17.2 Å².